The molecule has 22 heavy (non-hydrogen) atoms. The molecule has 8 heteroatoms. The summed E-state index contributed by atoms with van der Waals surface area (Å²) in [5.41, 5.74) is 0.559. The lowest BCUT2D eigenvalue weighted by Crippen LogP contribution is -2.22. The number of alkyl halides is 3. The van der Waals surface area contributed by atoms with E-state index in [1.807, 2.05) is 0 Å². The van der Waals surface area contributed by atoms with Crippen molar-refractivity contribution >= 4 is 5.91 Å². The van der Waals surface area contributed by atoms with Gasteiger partial charge in [-0.2, -0.15) is 13.2 Å². The second-order valence-corrected chi connectivity index (χ2v) is 4.50. The Morgan fingerprint density at radius 1 is 1.36 bits per heavy atom. The molecule has 0 unspecified atom stereocenters. The topological polar surface area (TPSA) is 64.4 Å². The first-order valence-electron chi connectivity index (χ1n) is 6.32. The van der Waals surface area contributed by atoms with Crippen molar-refractivity contribution < 1.29 is 27.1 Å². The van der Waals surface area contributed by atoms with Gasteiger partial charge in [0.1, 0.15) is 5.76 Å². The average molecular weight is 314 g/mol. The molecular formula is C14H13F3N2O3. The van der Waals surface area contributed by atoms with Crippen LogP contribution in [0, 0.1) is 6.92 Å². The second-order valence-electron chi connectivity index (χ2n) is 4.50. The van der Waals surface area contributed by atoms with E-state index in [9.17, 15) is 18.0 Å². The van der Waals surface area contributed by atoms with Crippen LogP contribution in [-0.4, -0.2) is 23.7 Å². The van der Waals surface area contributed by atoms with Gasteiger partial charge in [0.15, 0.2) is 12.4 Å². The molecule has 118 valence electrons. The molecule has 1 amide bonds. The van der Waals surface area contributed by atoms with E-state index >= 15 is 0 Å². The summed E-state index contributed by atoms with van der Waals surface area (Å²) in [5.74, 6) is 0.206. The Labute approximate surface area is 124 Å². The number of nitrogens with one attached hydrogen (secondary N) is 1. The predicted octanol–water partition coefficient (Wildman–Crippen LogP) is 2.85. The number of furan rings is 1. The fourth-order valence-electron chi connectivity index (χ4n) is 1.62. The number of halogens is 3. The Hall–Kier alpha value is -2.51. The van der Waals surface area contributed by atoms with Crippen molar-refractivity contribution in [1.29, 1.82) is 0 Å². The van der Waals surface area contributed by atoms with Crippen LogP contribution >= 0.6 is 0 Å². The minimum absolute atomic E-state index is 0.115. The number of hydrogen-bond donors (Lipinski definition) is 1. The van der Waals surface area contributed by atoms with Crippen LogP contribution in [0.3, 0.4) is 0 Å². The lowest BCUT2D eigenvalue weighted by molar-refractivity contribution is -0.154. The van der Waals surface area contributed by atoms with Crippen LogP contribution in [0.15, 0.2) is 34.9 Å². The standard InChI is InChI=1S/C14H13F3N2O3/c1-9-2-3-11(22-9)13(20)19-7-10-4-5-18-12(6-10)21-8-14(15,16)17/h2-6H,7-8H2,1H3,(H,19,20). The van der Waals surface area contributed by atoms with Crippen molar-refractivity contribution in [3.63, 3.8) is 0 Å². The quantitative estimate of drug-likeness (QED) is 0.921. The molecule has 0 bridgehead atoms. The maximum Gasteiger partial charge on any atom is 0.422 e. The minimum atomic E-state index is -4.43. The van der Waals surface area contributed by atoms with Crippen LogP contribution in [0.5, 0.6) is 5.88 Å². The van der Waals surface area contributed by atoms with Gasteiger partial charge < -0.3 is 14.5 Å². The highest BCUT2D eigenvalue weighted by molar-refractivity contribution is 5.91. The molecule has 2 rings (SSSR count). The van der Waals surface area contributed by atoms with Gasteiger partial charge in [-0.3, -0.25) is 4.79 Å². The zero-order chi connectivity index (χ0) is 16.2. The Bertz CT molecular complexity index is 653. The average Bonchev–Trinajstić information content (AvgIpc) is 2.89. The summed E-state index contributed by atoms with van der Waals surface area (Å²) < 4.78 is 45.9. The van der Waals surface area contributed by atoms with E-state index in [4.69, 9.17) is 4.42 Å². The van der Waals surface area contributed by atoms with Gasteiger partial charge in [-0.05, 0) is 30.7 Å². The highest BCUT2D eigenvalue weighted by atomic mass is 19.4. The fourth-order valence-corrected chi connectivity index (χ4v) is 1.62. The molecule has 0 fully saturated rings. The van der Waals surface area contributed by atoms with Crippen LogP contribution in [0.25, 0.3) is 0 Å². The number of pyridine rings is 1. The maximum absolute atomic E-state index is 12.1. The summed E-state index contributed by atoms with van der Waals surface area (Å²) in [6.07, 6.45) is -3.12. The first-order valence-corrected chi connectivity index (χ1v) is 6.32. The normalized spacial score (nSPS) is 11.3. The van der Waals surface area contributed by atoms with Crippen LogP contribution in [-0.2, 0) is 6.54 Å². The second kappa shape index (κ2) is 6.50. The van der Waals surface area contributed by atoms with Gasteiger partial charge in [0.25, 0.3) is 5.91 Å². The SMILES string of the molecule is Cc1ccc(C(=O)NCc2ccnc(OCC(F)(F)F)c2)o1. The Morgan fingerprint density at radius 2 is 2.14 bits per heavy atom. The molecule has 0 aliphatic rings. The summed E-state index contributed by atoms with van der Waals surface area (Å²) in [5, 5.41) is 2.59. The van der Waals surface area contributed by atoms with Crippen molar-refractivity contribution in [2.75, 3.05) is 6.61 Å². The number of amides is 1. The Kier molecular flexibility index (Phi) is 4.69. The number of carbonyl (C=O) groups is 1. The van der Waals surface area contributed by atoms with E-state index < -0.39 is 18.7 Å². The number of rotatable bonds is 5. The van der Waals surface area contributed by atoms with Gasteiger partial charge in [-0.25, -0.2) is 4.98 Å². The molecule has 0 atom stereocenters. The van der Waals surface area contributed by atoms with E-state index in [0.717, 1.165) is 0 Å². The van der Waals surface area contributed by atoms with Gasteiger partial charge in [0.2, 0.25) is 5.88 Å². The number of aromatic nitrogens is 1. The van der Waals surface area contributed by atoms with Crippen molar-refractivity contribution in [3.05, 3.63) is 47.5 Å². The molecule has 0 saturated carbocycles. The minimum Gasteiger partial charge on any atom is -0.468 e. The number of nitrogens with zero attached hydrogens (tertiary/aromatic N) is 1. The molecule has 2 aromatic rings. The predicted molar refractivity (Wildman–Crippen MR) is 70.4 cm³/mol. The molecule has 0 radical (unpaired) electrons. The summed E-state index contributed by atoms with van der Waals surface area (Å²) in [7, 11) is 0. The summed E-state index contributed by atoms with van der Waals surface area (Å²) >= 11 is 0. The monoisotopic (exact) mass is 314 g/mol. The zero-order valence-corrected chi connectivity index (χ0v) is 11.6. The molecule has 5 nitrogen and oxygen atoms in total. The Morgan fingerprint density at radius 3 is 2.77 bits per heavy atom. The number of aryl methyl sites for hydroxylation is 1. The Balaban J connectivity index is 1.91. The molecular weight excluding hydrogens is 301 g/mol. The van der Waals surface area contributed by atoms with Crippen molar-refractivity contribution in [2.45, 2.75) is 19.6 Å². The van der Waals surface area contributed by atoms with Crippen LogP contribution in [0.1, 0.15) is 21.9 Å². The smallest absolute Gasteiger partial charge is 0.422 e. The van der Waals surface area contributed by atoms with Crippen LogP contribution < -0.4 is 10.1 Å². The van der Waals surface area contributed by atoms with E-state index in [1.165, 1.54) is 18.3 Å². The van der Waals surface area contributed by atoms with Crippen molar-refractivity contribution in [2.24, 2.45) is 0 Å². The molecule has 0 aliphatic carbocycles. The van der Waals surface area contributed by atoms with Crippen molar-refractivity contribution in [1.82, 2.24) is 10.3 Å². The van der Waals surface area contributed by atoms with Crippen molar-refractivity contribution in [3.8, 4) is 5.88 Å². The molecule has 0 aromatic carbocycles. The molecule has 2 aromatic heterocycles. The van der Waals surface area contributed by atoms with Gasteiger partial charge in [-0.1, -0.05) is 0 Å². The summed E-state index contributed by atoms with van der Waals surface area (Å²) in [6.45, 7) is 0.412. The molecule has 0 aliphatic heterocycles. The first kappa shape index (κ1) is 15.9. The van der Waals surface area contributed by atoms with E-state index in [0.29, 0.717) is 11.3 Å². The van der Waals surface area contributed by atoms with E-state index in [-0.39, 0.29) is 18.2 Å². The third-order valence-electron chi connectivity index (χ3n) is 2.60. The van der Waals surface area contributed by atoms with Gasteiger partial charge in [0, 0.05) is 18.8 Å². The largest absolute Gasteiger partial charge is 0.468 e. The van der Waals surface area contributed by atoms with E-state index in [1.54, 1.807) is 19.1 Å². The number of carbonyl (C=O) groups excluding carboxylic acids is 1. The lowest BCUT2D eigenvalue weighted by Gasteiger charge is -2.09. The highest BCUT2D eigenvalue weighted by Crippen LogP contribution is 2.17. The van der Waals surface area contributed by atoms with Crippen LogP contribution in [0.2, 0.25) is 0 Å². The molecule has 0 spiro atoms. The summed E-state index contributed by atoms with van der Waals surface area (Å²) in [4.78, 5) is 15.5. The van der Waals surface area contributed by atoms with Gasteiger partial charge in [0.05, 0.1) is 0 Å². The number of ether oxygens (including phenoxy) is 1. The third-order valence-corrected chi connectivity index (χ3v) is 2.60. The van der Waals surface area contributed by atoms with Gasteiger partial charge in [-0.15, -0.1) is 0 Å². The van der Waals surface area contributed by atoms with E-state index in [2.05, 4.69) is 15.0 Å². The maximum atomic E-state index is 12.1. The lowest BCUT2D eigenvalue weighted by atomic mass is 10.2. The van der Waals surface area contributed by atoms with Gasteiger partial charge >= 0.3 is 6.18 Å². The molecule has 0 saturated heterocycles. The molecule has 2 heterocycles. The highest BCUT2D eigenvalue weighted by Gasteiger charge is 2.28. The number of hydrogen-bond acceptors (Lipinski definition) is 4. The molecule has 1 N–H and O–H groups in total. The third kappa shape index (κ3) is 4.80. The van der Waals surface area contributed by atoms with Crippen LogP contribution in [0.4, 0.5) is 13.2 Å². The summed E-state index contributed by atoms with van der Waals surface area (Å²) in [6, 6.07) is 6.09. The zero-order valence-electron chi connectivity index (χ0n) is 11.6. The first-order chi connectivity index (χ1) is 10.3. The fraction of sp³-hybridized carbons (Fsp3) is 0.286.